The van der Waals surface area contributed by atoms with E-state index in [-0.39, 0.29) is 30.7 Å². The summed E-state index contributed by atoms with van der Waals surface area (Å²) < 4.78 is 0. The molecule has 1 rings (SSSR count). The molecule has 0 aliphatic carbocycles. The molecule has 1 aromatic rings. The number of rotatable bonds is 4. The largest absolute Gasteiger partial charge is 0.340 e. The quantitative estimate of drug-likeness (QED) is 0.923. The second-order valence-electron chi connectivity index (χ2n) is 3.48. The van der Waals surface area contributed by atoms with Gasteiger partial charge in [0.2, 0.25) is 0 Å². The third-order valence-electron chi connectivity index (χ3n) is 2.14. The summed E-state index contributed by atoms with van der Waals surface area (Å²) in [7, 11) is 3.69. The first-order valence-corrected chi connectivity index (χ1v) is 5.72. The van der Waals surface area contributed by atoms with Gasteiger partial charge in [-0.15, -0.1) is 36.2 Å². The van der Waals surface area contributed by atoms with Crippen molar-refractivity contribution in [3.05, 3.63) is 15.6 Å². The molecule has 0 radical (unpaired) electrons. The zero-order chi connectivity index (χ0) is 11.4. The molecule has 0 fully saturated rings. The number of nitrogens with one attached hydrogen (secondary N) is 1. The van der Waals surface area contributed by atoms with Crippen LogP contribution in [0, 0.1) is 13.8 Å². The third kappa shape index (κ3) is 5.21. The van der Waals surface area contributed by atoms with Gasteiger partial charge in [-0.1, -0.05) is 0 Å². The number of nitrogens with zero attached hydrogens (tertiary/aromatic N) is 2. The molecule has 1 aromatic heterocycles. The summed E-state index contributed by atoms with van der Waals surface area (Å²) in [5, 5.41) is 3.96. The zero-order valence-electron chi connectivity index (χ0n) is 10.4. The second kappa shape index (κ2) is 8.69. The number of likely N-dealkylation sites (N-methyl/N-ethyl adjacent to an activating group) is 2. The summed E-state index contributed by atoms with van der Waals surface area (Å²) in [5.74, 6) is 0.0633. The first-order valence-electron chi connectivity index (χ1n) is 4.90. The molecule has 0 atom stereocenters. The molecular weight excluding hydrogens is 281 g/mol. The molecule has 7 heteroatoms. The lowest BCUT2D eigenvalue weighted by Gasteiger charge is -2.15. The van der Waals surface area contributed by atoms with E-state index in [0.29, 0.717) is 6.54 Å². The minimum Gasteiger partial charge on any atom is -0.340 e. The van der Waals surface area contributed by atoms with Crippen molar-refractivity contribution in [3.8, 4) is 0 Å². The molecule has 1 N–H and O–H groups in total. The Balaban J connectivity index is 0. The molecule has 1 amide bonds. The van der Waals surface area contributed by atoms with Crippen LogP contribution in [-0.4, -0.2) is 43.0 Å². The number of amides is 1. The van der Waals surface area contributed by atoms with Crippen molar-refractivity contribution >= 4 is 42.1 Å². The Labute approximate surface area is 119 Å². The van der Waals surface area contributed by atoms with Gasteiger partial charge in [0.15, 0.2) is 0 Å². The summed E-state index contributed by atoms with van der Waals surface area (Å²) in [6.45, 7) is 5.31. The van der Waals surface area contributed by atoms with Crippen LogP contribution in [0.15, 0.2) is 0 Å². The molecule has 17 heavy (non-hydrogen) atoms. The van der Waals surface area contributed by atoms with Crippen LogP contribution in [0.25, 0.3) is 0 Å². The zero-order valence-corrected chi connectivity index (χ0v) is 12.9. The SMILES string of the molecule is CNCCN(C)C(=O)c1sc(C)nc1C.Cl.Cl. The molecular formula is C10H19Cl2N3OS. The lowest BCUT2D eigenvalue weighted by atomic mass is 10.3. The van der Waals surface area contributed by atoms with Gasteiger partial charge in [-0.25, -0.2) is 4.98 Å². The molecule has 100 valence electrons. The Hall–Kier alpha value is -0.360. The van der Waals surface area contributed by atoms with E-state index in [9.17, 15) is 4.79 Å². The summed E-state index contributed by atoms with van der Waals surface area (Å²) in [5.41, 5.74) is 0.832. The van der Waals surface area contributed by atoms with E-state index >= 15 is 0 Å². The van der Waals surface area contributed by atoms with Crippen LogP contribution in [0.5, 0.6) is 0 Å². The van der Waals surface area contributed by atoms with Crippen molar-refractivity contribution in [2.75, 3.05) is 27.2 Å². The van der Waals surface area contributed by atoms with E-state index in [4.69, 9.17) is 0 Å². The Morgan fingerprint density at radius 3 is 2.41 bits per heavy atom. The van der Waals surface area contributed by atoms with Crippen molar-refractivity contribution in [1.29, 1.82) is 0 Å². The smallest absolute Gasteiger partial charge is 0.265 e. The fraction of sp³-hybridized carbons (Fsp3) is 0.600. The summed E-state index contributed by atoms with van der Waals surface area (Å²) in [6.07, 6.45) is 0. The topological polar surface area (TPSA) is 45.2 Å². The maximum atomic E-state index is 12.0. The Morgan fingerprint density at radius 2 is 2.00 bits per heavy atom. The first kappa shape index (κ1) is 19.0. The highest BCUT2D eigenvalue weighted by Gasteiger charge is 2.17. The summed E-state index contributed by atoms with van der Waals surface area (Å²) >= 11 is 1.46. The molecule has 0 aliphatic rings. The van der Waals surface area contributed by atoms with Crippen LogP contribution in [0.1, 0.15) is 20.4 Å². The van der Waals surface area contributed by atoms with Crippen molar-refractivity contribution in [3.63, 3.8) is 0 Å². The molecule has 1 heterocycles. The average molecular weight is 300 g/mol. The number of carbonyl (C=O) groups excluding carboxylic acids is 1. The van der Waals surface area contributed by atoms with Gasteiger partial charge in [0, 0.05) is 20.1 Å². The van der Waals surface area contributed by atoms with Gasteiger partial charge in [-0.2, -0.15) is 0 Å². The second-order valence-corrected chi connectivity index (χ2v) is 4.68. The number of hydrogen-bond acceptors (Lipinski definition) is 4. The van der Waals surface area contributed by atoms with Crippen molar-refractivity contribution in [2.24, 2.45) is 0 Å². The van der Waals surface area contributed by atoms with Crippen LogP contribution in [0.3, 0.4) is 0 Å². The standard InChI is InChI=1S/C10H17N3OS.2ClH/c1-7-9(15-8(2)12-7)10(14)13(4)6-5-11-3;;/h11H,5-6H2,1-4H3;2*1H. The normalized spacial score (nSPS) is 9.18. The number of hydrogen-bond donors (Lipinski definition) is 1. The number of halogens is 2. The fourth-order valence-corrected chi connectivity index (χ4v) is 2.20. The molecule has 0 saturated carbocycles. The van der Waals surface area contributed by atoms with Gasteiger partial charge in [0.25, 0.3) is 5.91 Å². The number of thiazole rings is 1. The lowest BCUT2D eigenvalue weighted by molar-refractivity contribution is 0.0800. The highest BCUT2D eigenvalue weighted by molar-refractivity contribution is 7.13. The van der Waals surface area contributed by atoms with Gasteiger partial charge in [-0.05, 0) is 20.9 Å². The van der Waals surface area contributed by atoms with E-state index in [1.807, 2.05) is 27.9 Å². The predicted molar refractivity (Wildman–Crippen MR) is 77.0 cm³/mol. The molecule has 0 aliphatic heterocycles. The van der Waals surface area contributed by atoms with E-state index in [1.54, 1.807) is 4.90 Å². The van der Waals surface area contributed by atoms with Gasteiger partial charge >= 0.3 is 0 Å². The van der Waals surface area contributed by atoms with Crippen LogP contribution in [0.4, 0.5) is 0 Å². The van der Waals surface area contributed by atoms with Gasteiger partial charge in [0.05, 0.1) is 10.7 Å². The first-order chi connectivity index (χ1) is 7.06. The van der Waals surface area contributed by atoms with E-state index < -0.39 is 0 Å². The van der Waals surface area contributed by atoms with E-state index in [0.717, 1.165) is 22.1 Å². The number of aromatic nitrogens is 1. The van der Waals surface area contributed by atoms with Crippen molar-refractivity contribution in [2.45, 2.75) is 13.8 Å². The minimum absolute atomic E-state index is 0. The summed E-state index contributed by atoms with van der Waals surface area (Å²) in [4.78, 5) is 18.7. The maximum Gasteiger partial charge on any atom is 0.265 e. The number of aryl methyl sites for hydroxylation is 2. The Morgan fingerprint density at radius 1 is 1.41 bits per heavy atom. The van der Waals surface area contributed by atoms with Gasteiger partial charge < -0.3 is 10.2 Å². The Bertz CT molecular complexity index is 357. The van der Waals surface area contributed by atoms with Gasteiger partial charge in [-0.3, -0.25) is 4.79 Å². The molecule has 0 bridgehead atoms. The fourth-order valence-electron chi connectivity index (χ4n) is 1.28. The average Bonchev–Trinajstić information content (AvgIpc) is 2.53. The Kier molecular flexibility index (Phi) is 9.71. The molecule has 0 aromatic carbocycles. The predicted octanol–water partition coefficient (Wildman–Crippen LogP) is 1.89. The minimum atomic E-state index is 0. The van der Waals surface area contributed by atoms with Crippen molar-refractivity contribution in [1.82, 2.24) is 15.2 Å². The van der Waals surface area contributed by atoms with Gasteiger partial charge in [0.1, 0.15) is 4.88 Å². The van der Waals surface area contributed by atoms with E-state index in [1.165, 1.54) is 11.3 Å². The monoisotopic (exact) mass is 299 g/mol. The van der Waals surface area contributed by atoms with Crippen LogP contribution < -0.4 is 5.32 Å². The molecule has 4 nitrogen and oxygen atoms in total. The highest BCUT2D eigenvalue weighted by atomic mass is 35.5. The van der Waals surface area contributed by atoms with Crippen LogP contribution in [0.2, 0.25) is 0 Å². The highest BCUT2D eigenvalue weighted by Crippen LogP contribution is 2.18. The molecule has 0 spiro atoms. The van der Waals surface area contributed by atoms with Crippen LogP contribution >= 0.6 is 36.2 Å². The molecule has 0 unspecified atom stereocenters. The third-order valence-corrected chi connectivity index (χ3v) is 3.20. The lowest BCUT2D eigenvalue weighted by Crippen LogP contribution is -2.32. The summed E-state index contributed by atoms with van der Waals surface area (Å²) in [6, 6.07) is 0. The molecule has 0 saturated heterocycles. The van der Waals surface area contributed by atoms with E-state index in [2.05, 4.69) is 10.3 Å². The van der Waals surface area contributed by atoms with Crippen LogP contribution in [-0.2, 0) is 0 Å². The maximum absolute atomic E-state index is 12.0. The number of carbonyl (C=O) groups is 1. The van der Waals surface area contributed by atoms with Crippen molar-refractivity contribution < 1.29 is 4.79 Å².